The quantitative estimate of drug-likeness (QED) is 0.818. The number of aromatic nitrogens is 1. The molecule has 4 nitrogen and oxygen atoms in total. The first-order chi connectivity index (χ1) is 8.98. The fourth-order valence-corrected chi connectivity index (χ4v) is 1.92. The van der Waals surface area contributed by atoms with E-state index in [2.05, 4.69) is 40.1 Å². The lowest BCUT2D eigenvalue weighted by Gasteiger charge is -2.24. The molecule has 0 saturated carbocycles. The van der Waals surface area contributed by atoms with Gasteiger partial charge in [0.25, 0.3) is 5.91 Å². The van der Waals surface area contributed by atoms with Crippen LogP contribution in [-0.4, -0.2) is 22.8 Å². The monoisotopic (exact) mass is 323 g/mol. The van der Waals surface area contributed by atoms with Crippen LogP contribution in [0.5, 0.6) is 0 Å². The van der Waals surface area contributed by atoms with Crippen molar-refractivity contribution in [3.8, 4) is 6.07 Å². The number of halogens is 1. The molecule has 0 aliphatic rings. The summed E-state index contributed by atoms with van der Waals surface area (Å²) in [5, 5.41) is 12.5. The topological polar surface area (TPSA) is 65.8 Å². The van der Waals surface area contributed by atoms with Gasteiger partial charge in [-0.1, -0.05) is 29.8 Å². The van der Waals surface area contributed by atoms with E-state index in [1.54, 1.807) is 12.1 Å². The fraction of sp³-hybridized carbons (Fsp3) is 0.500. The van der Waals surface area contributed by atoms with E-state index in [4.69, 9.17) is 5.26 Å². The Hall–Kier alpha value is -1.41. The van der Waals surface area contributed by atoms with Gasteiger partial charge >= 0.3 is 0 Å². The number of hydrogen-bond donors (Lipinski definition) is 1. The van der Waals surface area contributed by atoms with Crippen molar-refractivity contribution in [2.75, 3.05) is 11.9 Å². The number of nitrogens with one attached hydrogen (secondary N) is 1. The average Bonchev–Trinajstić information content (AvgIpc) is 2.43. The summed E-state index contributed by atoms with van der Waals surface area (Å²) < 4.78 is 0. The molecule has 1 aromatic heterocycles. The molecule has 0 fully saturated rings. The Bertz CT molecular complexity index is 463. The number of amides is 1. The van der Waals surface area contributed by atoms with E-state index >= 15 is 0 Å². The van der Waals surface area contributed by atoms with Gasteiger partial charge in [-0.25, -0.2) is 4.98 Å². The Labute approximate surface area is 122 Å². The smallest absolute Gasteiger partial charge is 0.269 e. The lowest BCUT2D eigenvalue weighted by molar-refractivity contribution is 0.0929. The molecule has 0 spiro atoms. The highest BCUT2D eigenvalue weighted by Gasteiger charge is 2.19. The predicted molar refractivity (Wildman–Crippen MR) is 78.1 cm³/mol. The number of carbonyl (C=O) groups is 1. The molecule has 0 aliphatic carbocycles. The van der Waals surface area contributed by atoms with Crippen LogP contribution >= 0.6 is 15.9 Å². The Kier molecular flexibility index (Phi) is 5.97. The van der Waals surface area contributed by atoms with Gasteiger partial charge in [0, 0.05) is 18.1 Å². The lowest BCUT2D eigenvalue weighted by Crippen LogP contribution is -2.34. The Morgan fingerprint density at radius 3 is 2.79 bits per heavy atom. The van der Waals surface area contributed by atoms with Gasteiger partial charge in [0.2, 0.25) is 0 Å². The minimum atomic E-state index is -0.198. The molecule has 0 aromatic carbocycles. The molecule has 102 valence electrons. The van der Waals surface area contributed by atoms with E-state index < -0.39 is 0 Å². The zero-order valence-electron chi connectivity index (χ0n) is 11.2. The maximum Gasteiger partial charge on any atom is 0.269 e. The molecule has 1 rings (SSSR count). The first-order valence-electron chi connectivity index (χ1n) is 6.19. The van der Waals surface area contributed by atoms with E-state index in [0.29, 0.717) is 17.8 Å². The fourth-order valence-electron chi connectivity index (χ4n) is 1.64. The third-order valence-corrected chi connectivity index (χ3v) is 3.40. The first-order valence-corrected chi connectivity index (χ1v) is 7.31. The van der Waals surface area contributed by atoms with Crippen molar-refractivity contribution in [3.05, 3.63) is 29.6 Å². The molecule has 1 N–H and O–H groups in total. The SMILES string of the molecule is CC(C)(CCCBr)CNC(=O)c1ccc(C#N)cn1. The second kappa shape index (κ2) is 7.25. The van der Waals surface area contributed by atoms with Gasteiger partial charge in [-0.15, -0.1) is 0 Å². The summed E-state index contributed by atoms with van der Waals surface area (Å²) >= 11 is 3.41. The summed E-state index contributed by atoms with van der Waals surface area (Å²) in [6.45, 7) is 4.87. The highest BCUT2D eigenvalue weighted by atomic mass is 79.9. The lowest BCUT2D eigenvalue weighted by atomic mass is 9.88. The summed E-state index contributed by atoms with van der Waals surface area (Å²) in [6, 6.07) is 5.14. The summed E-state index contributed by atoms with van der Waals surface area (Å²) in [7, 11) is 0. The number of carbonyl (C=O) groups excluding carboxylic acids is 1. The molecule has 0 aliphatic heterocycles. The highest BCUT2D eigenvalue weighted by Crippen LogP contribution is 2.21. The van der Waals surface area contributed by atoms with Crippen molar-refractivity contribution in [3.63, 3.8) is 0 Å². The Morgan fingerprint density at radius 1 is 1.53 bits per heavy atom. The van der Waals surface area contributed by atoms with Crippen molar-refractivity contribution in [1.29, 1.82) is 5.26 Å². The van der Waals surface area contributed by atoms with E-state index in [-0.39, 0.29) is 11.3 Å². The van der Waals surface area contributed by atoms with Crippen LogP contribution in [0.15, 0.2) is 18.3 Å². The summed E-state index contributed by atoms with van der Waals surface area (Å²) in [5.41, 5.74) is 0.861. The number of rotatable bonds is 6. The summed E-state index contributed by atoms with van der Waals surface area (Å²) in [4.78, 5) is 15.9. The maximum atomic E-state index is 11.9. The van der Waals surface area contributed by atoms with Crippen LogP contribution in [0.25, 0.3) is 0 Å². The number of alkyl halides is 1. The molecule has 19 heavy (non-hydrogen) atoms. The Balaban J connectivity index is 2.53. The van der Waals surface area contributed by atoms with Gasteiger partial charge in [0.05, 0.1) is 5.56 Å². The van der Waals surface area contributed by atoms with Crippen molar-refractivity contribution >= 4 is 21.8 Å². The zero-order valence-corrected chi connectivity index (χ0v) is 12.8. The second-order valence-electron chi connectivity index (χ2n) is 5.18. The van der Waals surface area contributed by atoms with Crippen LogP contribution < -0.4 is 5.32 Å². The highest BCUT2D eigenvalue weighted by molar-refractivity contribution is 9.09. The summed E-state index contributed by atoms with van der Waals surface area (Å²) in [5.74, 6) is -0.198. The molecule has 1 amide bonds. The molecular formula is C14H18BrN3O. The van der Waals surface area contributed by atoms with E-state index in [1.807, 2.05) is 6.07 Å². The van der Waals surface area contributed by atoms with Crippen LogP contribution in [-0.2, 0) is 0 Å². The van der Waals surface area contributed by atoms with Crippen LogP contribution in [0.1, 0.15) is 42.7 Å². The largest absolute Gasteiger partial charge is 0.350 e. The second-order valence-corrected chi connectivity index (χ2v) is 5.98. The van der Waals surface area contributed by atoms with Crippen LogP contribution in [0.4, 0.5) is 0 Å². The number of nitrogens with zero attached hydrogens (tertiary/aromatic N) is 2. The molecule has 1 heterocycles. The molecule has 1 aromatic rings. The van der Waals surface area contributed by atoms with Crippen molar-refractivity contribution in [1.82, 2.24) is 10.3 Å². The van der Waals surface area contributed by atoms with Crippen molar-refractivity contribution in [2.24, 2.45) is 5.41 Å². The number of pyridine rings is 1. The van der Waals surface area contributed by atoms with E-state index in [1.165, 1.54) is 6.20 Å². The maximum absolute atomic E-state index is 11.9. The molecular weight excluding hydrogens is 306 g/mol. The standard InChI is InChI=1S/C14H18BrN3O/c1-14(2,6-3-7-15)10-18-13(19)12-5-4-11(8-16)9-17-12/h4-5,9H,3,6-7,10H2,1-2H3,(H,18,19). The number of nitriles is 1. The average molecular weight is 324 g/mol. The van der Waals surface area contributed by atoms with Crippen LogP contribution in [0.3, 0.4) is 0 Å². The minimum Gasteiger partial charge on any atom is -0.350 e. The van der Waals surface area contributed by atoms with Gasteiger partial charge in [0.1, 0.15) is 11.8 Å². The van der Waals surface area contributed by atoms with Crippen LogP contribution in [0.2, 0.25) is 0 Å². The van der Waals surface area contributed by atoms with Gasteiger partial charge in [-0.3, -0.25) is 4.79 Å². The first kappa shape index (κ1) is 15.6. The van der Waals surface area contributed by atoms with E-state index in [9.17, 15) is 4.79 Å². The van der Waals surface area contributed by atoms with Crippen LogP contribution in [0, 0.1) is 16.7 Å². The molecule has 0 unspecified atom stereocenters. The van der Waals surface area contributed by atoms with E-state index in [0.717, 1.165) is 18.2 Å². The van der Waals surface area contributed by atoms with Gasteiger partial charge < -0.3 is 5.32 Å². The van der Waals surface area contributed by atoms with Gasteiger partial charge in [0.15, 0.2) is 0 Å². The Morgan fingerprint density at radius 2 is 2.26 bits per heavy atom. The third-order valence-electron chi connectivity index (χ3n) is 2.84. The molecule has 0 bridgehead atoms. The van der Waals surface area contributed by atoms with Gasteiger partial charge in [-0.05, 0) is 30.4 Å². The molecule has 0 radical (unpaired) electrons. The molecule has 5 heteroatoms. The normalized spacial score (nSPS) is 10.8. The van der Waals surface area contributed by atoms with Crippen molar-refractivity contribution in [2.45, 2.75) is 26.7 Å². The molecule has 0 atom stereocenters. The predicted octanol–water partition coefficient (Wildman–Crippen LogP) is 2.88. The zero-order chi connectivity index (χ0) is 14.3. The third kappa shape index (κ3) is 5.39. The van der Waals surface area contributed by atoms with Gasteiger partial charge in [-0.2, -0.15) is 5.26 Å². The minimum absolute atomic E-state index is 0.0655. The van der Waals surface area contributed by atoms with Crippen molar-refractivity contribution < 1.29 is 4.79 Å². The molecule has 0 saturated heterocycles. The number of hydrogen-bond acceptors (Lipinski definition) is 3. The summed E-state index contributed by atoms with van der Waals surface area (Å²) in [6.07, 6.45) is 3.53.